The molecule has 3 rings (SSSR count). The standard InChI is InChI=1S/C20H31N3O/c1-16-8-10-18(11-9-16)21-20(24)17(2)22-12-14-23(15-13-22)19-6-4-3-5-7-19/h3-7,16-18H,8-15H2,1-2H3,(H,21,24)/t16?,17-,18?/m1/s1. The lowest BCUT2D eigenvalue weighted by Crippen LogP contribution is -2.55. The average Bonchev–Trinajstić information content (AvgIpc) is 2.64. The van der Waals surface area contributed by atoms with Crippen molar-refractivity contribution in [1.29, 1.82) is 0 Å². The molecule has 1 N–H and O–H groups in total. The van der Waals surface area contributed by atoms with Gasteiger partial charge in [0.25, 0.3) is 0 Å². The van der Waals surface area contributed by atoms with Crippen molar-refractivity contribution in [1.82, 2.24) is 10.2 Å². The van der Waals surface area contributed by atoms with Crippen LogP contribution in [0.15, 0.2) is 30.3 Å². The summed E-state index contributed by atoms with van der Waals surface area (Å²) in [6.45, 7) is 8.24. The van der Waals surface area contributed by atoms with Crippen molar-refractivity contribution in [3.05, 3.63) is 30.3 Å². The van der Waals surface area contributed by atoms with E-state index in [1.165, 1.54) is 18.5 Å². The van der Waals surface area contributed by atoms with Crippen LogP contribution in [0.4, 0.5) is 5.69 Å². The number of hydrogen-bond acceptors (Lipinski definition) is 3. The summed E-state index contributed by atoms with van der Waals surface area (Å²) >= 11 is 0. The molecule has 1 aromatic carbocycles. The van der Waals surface area contributed by atoms with Gasteiger partial charge in [-0.3, -0.25) is 9.69 Å². The monoisotopic (exact) mass is 329 g/mol. The zero-order valence-corrected chi connectivity index (χ0v) is 15.1. The third-order valence-corrected chi connectivity index (χ3v) is 5.73. The Balaban J connectivity index is 1.46. The van der Waals surface area contributed by atoms with Crippen molar-refractivity contribution >= 4 is 11.6 Å². The molecule has 24 heavy (non-hydrogen) atoms. The molecule has 2 fully saturated rings. The van der Waals surface area contributed by atoms with Crippen LogP contribution < -0.4 is 10.2 Å². The number of piperazine rings is 1. The van der Waals surface area contributed by atoms with E-state index in [0.717, 1.165) is 44.9 Å². The maximum atomic E-state index is 12.6. The maximum absolute atomic E-state index is 12.6. The Hall–Kier alpha value is -1.55. The van der Waals surface area contributed by atoms with Gasteiger partial charge in [-0.25, -0.2) is 0 Å². The van der Waals surface area contributed by atoms with E-state index in [9.17, 15) is 4.79 Å². The van der Waals surface area contributed by atoms with E-state index < -0.39 is 0 Å². The Morgan fingerprint density at radius 2 is 1.67 bits per heavy atom. The lowest BCUT2D eigenvalue weighted by Gasteiger charge is -2.39. The van der Waals surface area contributed by atoms with Gasteiger partial charge in [0, 0.05) is 37.9 Å². The van der Waals surface area contributed by atoms with Crippen LogP contribution in [0.5, 0.6) is 0 Å². The van der Waals surface area contributed by atoms with Gasteiger partial charge in [0.05, 0.1) is 6.04 Å². The summed E-state index contributed by atoms with van der Waals surface area (Å²) in [7, 11) is 0. The molecule has 1 aliphatic carbocycles. The smallest absolute Gasteiger partial charge is 0.237 e. The largest absolute Gasteiger partial charge is 0.369 e. The summed E-state index contributed by atoms with van der Waals surface area (Å²) in [4.78, 5) is 17.3. The highest BCUT2D eigenvalue weighted by atomic mass is 16.2. The van der Waals surface area contributed by atoms with Crippen molar-refractivity contribution in [3.63, 3.8) is 0 Å². The number of anilines is 1. The number of carbonyl (C=O) groups excluding carboxylic acids is 1. The van der Waals surface area contributed by atoms with E-state index in [4.69, 9.17) is 0 Å². The summed E-state index contributed by atoms with van der Waals surface area (Å²) in [5.74, 6) is 1.03. The van der Waals surface area contributed by atoms with Crippen LogP contribution in [-0.4, -0.2) is 49.1 Å². The van der Waals surface area contributed by atoms with Gasteiger partial charge in [0.2, 0.25) is 5.91 Å². The third-order valence-electron chi connectivity index (χ3n) is 5.73. The molecule has 1 saturated carbocycles. The fourth-order valence-electron chi connectivity index (χ4n) is 3.90. The molecule has 132 valence electrons. The van der Waals surface area contributed by atoms with Gasteiger partial charge < -0.3 is 10.2 Å². The second kappa shape index (κ2) is 8.02. The van der Waals surface area contributed by atoms with Crippen molar-refractivity contribution in [2.24, 2.45) is 5.92 Å². The van der Waals surface area contributed by atoms with E-state index in [2.05, 4.69) is 59.3 Å². The highest BCUT2D eigenvalue weighted by Crippen LogP contribution is 2.23. The zero-order valence-electron chi connectivity index (χ0n) is 15.1. The zero-order chi connectivity index (χ0) is 16.9. The molecule has 1 atom stereocenters. The second-order valence-electron chi connectivity index (χ2n) is 7.50. The van der Waals surface area contributed by atoms with Crippen LogP contribution in [0.25, 0.3) is 0 Å². The quantitative estimate of drug-likeness (QED) is 0.922. The molecule has 1 heterocycles. The normalized spacial score (nSPS) is 26.8. The number of carbonyl (C=O) groups is 1. The molecule has 4 nitrogen and oxygen atoms in total. The molecule has 2 aliphatic rings. The number of nitrogens with zero attached hydrogens (tertiary/aromatic N) is 2. The molecule has 0 bridgehead atoms. The van der Waals surface area contributed by atoms with Gasteiger partial charge in [0.15, 0.2) is 0 Å². The molecule has 0 spiro atoms. The fourth-order valence-corrected chi connectivity index (χ4v) is 3.90. The van der Waals surface area contributed by atoms with Crippen molar-refractivity contribution in [2.45, 2.75) is 51.6 Å². The predicted molar refractivity (Wildman–Crippen MR) is 99.3 cm³/mol. The van der Waals surface area contributed by atoms with Crippen molar-refractivity contribution in [3.8, 4) is 0 Å². The minimum Gasteiger partial charge on any atom is -0.369 e. The Morgan fingerprint density at radius 3 is 2.29 bits per heavy atom. The molecule has 0 aromatic heterocycles. The summed E-state index contributed by atoms with van der Waals surface area (Å²) < 4.78 is 0. The van der Waals surface area contributed by atoms with Gasteiger partial charge in [0.1, 0.15) is 0 Å². The van der Waals surface area contributed by atoms with Gasteiger partial charge in [-0.2, -0.15) is 0 Å². The maximum Gasteiger partial charge on any atom is 0.237 e. The summed E-state index contributed by atoms with van der Waals surface area (Å²) in [5.41, 5.74) is 1.28. The summed E-state index contributed by atoms with van der Waals surface area (Å²) in [6.07, 6.45) is 4.77. The minimum atomic E-state index is -0.0257. The van der Waals surface area contributed by atoms with Crippen LogP contribution in [-0.2, 0) is 4.79 Å². The lowest BCUT2D eigenvalue weighted by molar-refractivity contribution is -0.127. The predicted octanol–water partition coefficient (Wildman–Crippen LogP) is 2.89. The van der Waals surface area contributed by atoms with E-state index in [1.54, 1.807) is 0 Å². The topological polar surface area (TPSA) is 35.6 Å². The third kappa shape index (κ3) is 4.29. The summed E-state index contributed by atoms with van der Waals surface area (Å²) in [5, 5.41) is 3.29. The number of benzene rings is 1. The molecule has 1 aliphatic heterocycles. The Labute approximate surface area is 146 Å². The first-order chi connectivity index (χ1) is 11.6. The van der Waals surface area contributed by atoms with Crippen molar-refractivity contribution < 1.29 is 4.79 Å². The number of hydrogen-bond donors (Lipinski definition) is 1. The van der Waals surface area contributed by atoms with Gasteiger partial charge in [-0.15, -0.1) is 0 Å². The van der Waals surface area contributed by atoms with Gasteiger partial charge >= 0.3 is 0 Å². The molecule has 1 aromatic rings. The first-order valence-corrected chi connectivity index (χ1v) is 9.48. The highest BCUT2D eigenvalue weighted by molar-refractivity contribution is 5.81. The van der Waals surface area contributed by atoms with Gasteiger partial charge in [-0.1, -0.05) is 25.1 Å². The Morgan fingerprint density at radius 1 is 1.04 bits per heavy atom. The molecule has 4 heteroatoms. The van der Waals surface area contributed by atoms with Crippen LogP contribution in [0, 0.1) is 5.92 Å². The highest BCUT2D eigenvalue weighted by Gasteiger charge is 2.28. The molecule has 1 amide bonds. The van der Waals surface area contributed by atoms with Crippen LogP contribution in [0.1, 0.15) is 39.5 Å². The fraction of sp³-hybridized carbons (Fsp3) is 0.650. The molecule has 1 saturated heterocycles. The average molecular weight is 329 g/mol. The number of nitrogens with one attached hydrogen (secondary N) is 1. The first kappa shape index (κ1) is 17.3. The number of para-hydroxylation sites is 1. The molecular weight excluding hydrogens is 298 g/mol. The van der Waals surface area contributed by atoms with Crippen LogP contribution >= 0.6 is 0 Å². The number of amides is 1. The first-order valence-electron chi connectivity index (χ1n) is 9.48. The molecule has 0 radical (unpaired) electrons. The SMILES string of the molecule is CC1CCC(NC(=O)[C@@H](C)N2CCN(c3ccccc3)CC2)CC1. The van der Waals surface area contributed by atoms with Gasteiger partial charge in [-0.05, 0) is 50.7 Å². The molecular formula is C20H31N3O. The lowest BCUT2D eigenvalue weighted by atomic mass is 9.87. The second-order valence-corrected chi connectivity index (χ2v) is 7.50. The summed E-state index contributed by atoms with van der Waals surface area (Å²) in [6, 6.07) is 10.9. The van der Waals surface area contributed by atoms with E-state index in [0.29, 0.717) is 6.04 Å². The Kier molecular flexibility index (Phi) is 5.77. The van der Waals surface area contributed by atoms with E-state index in [1.807, 2.05) is 0 Å². The Bertz CT molecular complexity index is 517. The van der Waals surface area contributed by atoms with E-state index >= 15 is 0 Å². The minimum absolute atomic E-state index is 0.0257. The van der Waals surface area contributed by atoms with Crippen LogP contribution in [0.2, 0.25) is 0 Å². The van der Waals surface area contributed by atoms with E-state index in [-0.39, 0.29) is 11.9 Å². The molecule has 0 unspecified atom stereocenters. The van der Waals surface area contributed by atoms with Crippen molar-refractivity contribution in [2.75, 3.05) is 31.1 Å². The van der Waals surface area contributed by atoms with Crippen LogP contribution in [0.3, 0.4) is 0 Å². The number of rotatable bonds is 4.